The van der Waals surface area contributed by atoms with Crippen molar-refractivity contribution in [3.05, 3.63) is 0 Å². The zero-order valence-corrected chi connectivity index (χ0v) is 9.75. The second-order valence-corrected chi connectivity index (χ2v) is 4.77. The predicted molar refractivity (Wildman–Crippen MR) is 54.5 cm³/mol. The van der Waals surface area contributed by atoms with Gasteiger partial charge in [0.25, 0.3) is 0 Å². The van der Waals surface area contributed by atoms with Gasteiger partial charge < -0.3 is 9.57 Å². The van der Waals surface area contributed by atoms with Gasteiger partial charge in [-0.2, -0.15) is 13.2 Å². The summed E-state index contributed by atoms with van der Waals surface area (Å²) in [6.07, 6.45) is -5.10. The van der Waals surface area contributed by atoms with Crippen molar-refractivity contribution in [2.24, 2.45) is 10.6 Å². The highest BCUT2D eigenvalue weighted by atomic mass is 19.4. The average molecular weight is 252 g/mol. The fourth-order valence-electron chi connectivity index (χ4n) is 2.22. The highest BCUT2D eigenvalue weighted by Crippen LogP contribution is 2.40. The molecule has 0 saturated carbocycles. The third-order valence-electron chi connectivity index (χ3n) is 3.12. The van der Waals surface area contributed by atoms with Gasteiger partial charge in [-0.15, -0.1) is 0 Å². The Morgan fingerprint density at radius 2 is 1.88 bits per heavy atom. The maximum absolute atomic E-state index is 12.7. The number of ether oxygens (including phenoxy) is 1. The largest absolute Gasteiger partial charge is 0.433 e. The highest BCUT2D eigenvalue weighted by Gasteiger charge is 2.56. The Labute approximate surface area is 97.3 Å². The predicted octanol–water partition coefficient (Wildman–Crippen LogP) is 1.62. The van der Waals surface area contributed by atoms with E-state index in [0.717, 1.165) is 0 Å². The Bertz CT molecular complexity index is 322. The van der Waals surface area contributed by atoms with Gasteiger partial charge in [0.2, 0.25) is 0 Å². The van der Waals surface area contributed by atoms with Crippen LogP contribution in [0.15, 0.2) is 5.16 Å². The van der Waals surface area contributed by atoms with E-state index < -0.39 is 23.5 Å². The van der Waals surface area contributed by atoms with Gasteiger partial charge in [-0.25, -0.2) is 0 Å². The van der Waals surface area contributed by atoms with E-state index in [1.165, 1.54) is 13.8 Å². The number of morpholine rings is 1. The number of rotatable bonds is 1. The first kappa shape index (κ1) is 12.6. The third-order valence-corrected chi connectivity index (χ3v) is 3.12. The maximum Gasteiger partial charge on any atom is 0.433 e. The van der Waals surface area contributed by atoms with Crippen molar-refractivity contribution in [3.8, 4) is 0 Å². The molecule has 0 spiro atoms. The molecule has 0 aliphatic carbocycles. The fourth-order valence-corrected chi connectivity index (χ4v) is 2.22. The molecular formula is C10H15F3N2O2. The molecule has 7 heteroatoms. The Hall–Kier alpha value is -0.820. The van der Waals surface area contributed by atoms with Crippen LogP contribution in [0.1, 0.15) is 13.8 Å². The zero-order valence-electron chi connectivity index (χ0n) is 9.75. The van der Waals surface area contributed by atoms with Gasteiger partial charge in [0.1, 0.15) is 0 Å². The Balaban J connectivity index is 2.14. The number of hydrogen-bond acceptors (Lipinski definition) is 4. The minimum Gasteiger partial charge on any atom is -0.379 e. The monoisotopic (exact) mass is 252 g/mol. The lowest BCUT2D eigenvalue weighted by molar-refractivity contribution is -0.116. The summed E-state index contributed by atoms with van der Waals surface area (Å²) in [5, 5.41) is 3.23. The summed E-state index contributed by atoms with van der Waals surface area (Å²) in [5.41, 5.74) is -2.00. The van der Waals surface area contributed by atoms with Crippen molar-refractivity contribution in [1.82, 2.24) is 4.90 Å². The van der Waals surface area contributed by atoms with Gasteiger partial charge in [0.15, 0.2) is 11.9 Å². The average Bonchev–Trinajstić information content (AvgIpc) is 2.54. The molecule has 0 amide bonds. The van der Waals surface area contributed by atoms with Gasteiger partial charge in [-0.05, 0) is 13.8 Å². The molecular weight excluding hydrogens is 237 g/mol. The summed E-state index contributed by atoms with van der Waals surface area (Å²) in [6.45, 7) is 5.16. The van der Waals surface area contributed by atoms with E-state index >= 15 is 0 Å². The van der Waals surface area contributed by atoms with E-state index in [9.17, 15) is 13.2 Å². The van der Waals surface area contributed by atoms with Crippen molar-refractivity contribution < 1.29 is 22.7 Å². The van der Waals surface area contributed by atoms with Gasteiger partial charge in [-0.1, -0.05) is 5.16 Å². The molecule has 0 aromatic heterocycles. The second-order valence-electron chi connectivity index (χ2n) is 4.77. The minimum absolute atomic E-state index is 0.511. The number of hydrogen-bond donors (Lipinski definition) is 0. The molecule has 0 aromatic rings. The molecule has 4 nitrogen and oxygen atoms in total. The summed E-state index contributed by atoms with van der Waals surface area (Å²) in [7, 11) is 0. The SMILES string of the molecule is CC1(C)C(C(F)(F)F)=NOC1N1CCOCC1. The normalized spacial score (nSPS) is 29.9. The summed E-state index contributed by atoms with van der Waals surface area (Å²) in [5.74, 6) is 0. The molecule has 1 atom stereocenters. The molecule has 2 aliphatic rings. The van der Waals surface area contributed by atoms with E-state index in [-0.39, 0.29) is 0 Å². The van der Waals surface area contributed by atoms with Gasteiger partial charge >= 0.3 is 6.18 Å². The van der Waals surface area contributed by atoms with E-state index in [1.807, 2.05) is 4.90 Å². The number of halogens is 3. The van der Waals surface area contributed by atoms with Crippen LogP contribution in [0.25, 0.3) is 0 Å². The lowest BCUT2D eigenvalue weighted by Gasteiger charge is -2.37. The quantitative estimate of drug-likeness (QED) is 0.711. The van der Waals surface area contributed by atoms with Crippen LogP contribution in [0.2, 0.25) is 0 Å². The smallest absolute Gasteiger partial charge is 0.379 e. The van der Waals surface area contributed by atoms with Crippen LogP contribution >= 0.6 is 0 Å². The minimum atomic E-state index is -4.44. The molecule has 2 heterocycles. The molecule has 2 aliphatic heterocycles. The molecule has 1 unspecified atom stereocenters. The van der Waals surface area contributed by atoms with E-state index in [1.54, 1.807) is 0 Å². The van der Waals surface area contributed by atoms with Crippen molar-refractivity contribution in [3.63, 3.8) is 0 Å². The number of nitrogens with zero attached hydrogens (tertiary/aromatic N) is 2. The molecule has 17 heavy (non-hydrogen) atoms. The lowest BCUT2D eigenvalue weighted by Crippen LogP contribution is -2.52. The van der Waals surface area contributed by atoms with E-state index in [4.69, 9.17) is 9.57 Å². The van der Waals surface area contributed by atoms with Crippen LogP contribution < -0.4 is 0 Å². The topological polar surface area (TPSA) is 34.1 Å². The van der Waals surface area contributed by atoms with Crippen molar-refractivity contribution in [1.29, 1.82) is 0 Å². The van der Waals surface area contributed by atoms with Gasteiger partial charge in [0, 0.05) is 13.1 Å². The molecule has 0 aromatic carbocycles. The molecule has 0 bridgehead atoms. The second kappa shape index (κ2) is 4.13. The molecule has 98 valence electrons. The molecule has 0 radical (unpaired) electrons. The Morgan fingerprint density at radius 3 is 2.35 bits per heavy atom. The number of oxime groups is 1. The zero-order chi connectivity index (χ0) is 12.7. The van der Waals surface area contributed by atoms with Crippen LogP contribution in [-0.2, 0) is 9.57 Å². The van der Waals surface area contributed by atoms with Crippen molar-refractivity contribution in [2.45, 2.75) is 26.3 Å². The first-order valence-corrected chi connectivity index (χ1v) is 5.47. The van der Waals surface area contributed by atoms with E-state index in [2.05, 4.69) is 5.16 Å². The van der Waals surface area contributed by atoms with Gasteiger partial charge in [0.05, 0.1) is 18.6 Å². The van der Waals surface area contributed by atoms with Crippen LogP contribution in [0.5, 0.6) is 0 Å². The van der Waals surface area contributed by atoms with Crippen molar-refractivity contribution in [2.75, 3.05) is 26.3 Å². The summed E-state index contributed by atoms with van der Waals surface area (Å²) >= 11 is 0. The van der Waals surface area contributed by atoms with Crippen LogP contribution in [0.3, 0.4) is 0 Å². The Kier molecular flexibility index (Phi) is 3.07. The third kappa shape index (κ3) is 2.26. The standard InChI is InChI=1S/C10H15F3N2O2/c1-9(2)7(10(11,12)13)14-17-8(9)15-3-5-16-6-4-15/h8H,3-6H2,1-2H3. The van der Waals surface area contributed by atoms with Crippen LogP contribution in [0, 0.1) is 5.41 Å². The molecule has 1 saturated heterocycles. The molecule has 1 fully saturated rings. The van der Waals surface area contributed by atoms with E-state index in [0.29, 0.717) is 26.3 Å². The number of alkyl halides is 3. The first-order valence-electron chi connectivity index (χ1n) is 5.47. The van der Waals surface area contributed by atoms with Crippen LogP contribution in [0.4, 0.5) is 13.2 Å². The highest BCUT2D eigenvalue weighted by molar-refractivity contribution is 5.95. The fraction of sp³-hybridized carbons (Fsp3) is 0.900. The summed E-state index contributed by atoms with van der Waals surface area (Å²) in [6, 6.07) is 0. The van der Waals surface area contributed by atoms with Crippen molar-refractivity contribution >= 4 is 5.71 Å². The molecule has 2 rings (SSSR count). The maximum atomic E-state index is 12.7. The summed E-state index contributed by atoms with van der Waals surface area (Å²) in [4.78, 5) is 6.82. The van der Waals surface area contributed by atoms with Gasteiger partial charge in [-0.3, -0.25) is 4.90 Å². The van der Waals surface area contributed by atoms with Crippen LogP contribution in [-0.4, -0.2) is 49.3 Å². The first-order chi connectivity index (χ1) is 7.83. The Morgan fingerprint density at radius 1 is 1.29 bits per heavy atom. The molecule has 0 N–H and O–H groups in total. The summed E-state index contributed by atoms with van der Waals surface area (Å²) < 4.78 is 43.4. The lowest BCUT2D eigenvalue weighted by atomic mass is 9.84.